The van der Waals surface area contributed by atoms with Gasteiger partial charge in [0.15, 0.2) is 0 Å². The zero-order chi connectivity index (χ0) is 17.6. The van der Waals surface area contributed by atoms with Gasteiger partial charge in [-0.05, 0) is 31.2 Å². The van der Waals surface area contributed by atoms with E-state index in [1.165, 1.54) is 5.56 Å². The van der Waals surface area contributed by atoms with Crippen molar-refractivity contribution < 1.29 is 9.59 Å². The van der Waals surface area contributed by atoms with E-state index in [0.29, 0.717) is 13.1 Å². The Morgan fingerprint density at radius 2 is 1.80 bits per heavy atom. The molecule has 2 heterocycles. The van der Waals surface area contributed by atoms with Gasteiger partial charge in [-0.1, -0.05) is 30.3 Å². The number of hydrogen-bond donors (Lipinski definition) is 2. The fourth-order valence-corrected chi connectivity index (χ4v) is 3.79. The molecule has 1 aromatic rings. The highest BCUT2D eigenvalue weighted by Crippen LogP contribution is 2.18. The van der Waals surface area contributed by atoms with Gasteiger partial charge >= 0.3 is 6.03 Å². The van der Waals surface area contributed by atoms with E-state index in [9.17, 15) is 9.59 Å². The Bertz CT molecular complexity index is 584. The van der Waals surface area contributed by atoms with E-state index < -0.39 is 6.03 Å². The Morgan fingerprint density at radius 3 is 2.48 bits per heavy atom. The van der Waals surface area contributed by atoms with Crippen LogP contribution in [0.5, 0.6) is 0 Å². The molecule has 25 heavy (non-hydrogen) atoms. The van der Waals surface area contributed by atoms with E-state index >= 15 is 0 Å². The second-order valence-electron chi connectivity index (χ2n) is 7.17. The van der Waals surface area contributed by atoms with Crippen molar-refractivity contribution in [3.05, 3.63) is 35.9 Å². The van der Waals surface area contributed by atoms with Crippen LogP contribution in [0.15, 0.2) is 30.3 Å². The van der Waals surface area contributed by atoms with Crippen LogP contribution in [0.4, 0.5) is 4.79 Å². The summed E-state index contributed by atoms with van der Waals surface area (Å²) in [6, 6.07) is 10.3. The molecule has 2 fully saturated rings. The molecule has 3 rings (SSSR count). The molecule has 0 unspecified atom stereocenters. The predicted octanol–water partition coefficient (Wildman–Crippen LogP) is 1.56. The number of nitrogens with one attached hydrogen (secondary N) is 1. The minimum atomic E-state index is -0.424. The van der Waals surface area contributed by atoms with Crippen LogP contribution < -0.4 is 11.1 Å². The summed E-state index contributed by atoms with van der Waals surface area (Å²) < 4.78 is 0. The minimum Gasteiger partial charge on any atom is -0.353 e. The van der Waals surface area contributed by atoms with Gasteiger partial charge in [0.2, 0.25) is 5.91 Å². The van der Waals surface area contributed by atoms with Gasteiger partial charge in [0, 0.05) is 38.8 Å². The number of amides is 3. The fraction of sp³-hybridized carbons (Fsp3) is 0.579. The highest BCUT2D eigenvalue weighted by Gasteiger charge is 2.29. The number of nitrogens with two attached hydrogens (primary N) is 1. The molecule has 2 aliphatic rings. The molecule has 0 aromatic heterocycles. The summed E-state index contributed by atoms with van der Waals surface area (Å²) in [5, 5.41) is 3.19. The molecular weight excluding hydrogens is 316 g/mol. The van der Waals surface area contributed by atoms with Crippen molar-refractivity contribution in [2.45, 2.75) is 38.3 Å². The lowest BCUT2D eigenvalue weighted by molar-refractivity contribution is -0.127. The number of urea groups is 1. The lowest BCUT2D eigenvalue weighted by atomic mass is 9.96. The molecule has 0 aliphatic carbocycles. The van der Waals surface area contributed by atoms with E-state index in [1.807, 2.05) is 6.07 Å². The molecule has 0 spiro atoms. The SMILES string of the molecule is NC(=O)N1CCC[C@@H](C(=O)NC2CCN(Cc3ccccc3)CC2)C1. The van der Waals surface area contributed by atoms with Crippen LogP contribution in [0.1, 0.15) is 31.2 Å². The Labute approximate surface area is 149 Å². The number of hydrogen-bond acceptors (Lipinski definition) is 3. The molecule has 6 nitrogen and oxygen atoms in total. The first-order chi connectivity index (χ1) is 12.1. The van der Waals surface area contributed by atoms with Crippen molar-refractivity contribution in [1.29, 1.82) is 0 Å². The quantitative estimate of drug-likeness (QED) is 0.870. The number of nitrogens with zero attached hydrogens (tertiary/aromatic N) is 2. The minimum absolute atomic E-state index is 0.0764. The normalized spacial score (nSPS) is 22.6. The fourth-order valence-electron chi connectivity index (χ4n) is 3.79. The predicted molar refractivity (Wildman–Crippen MR) is 96.8 cm³/mol. The molecule has 6 heteroatoms. The van der Waals surface area contributed by atoms with Crippen LogP contribution in [0, 0.1) is 5.92 Å². The van der Waals surface area contributed by atoms with Gasteiger partial charge in [-0.15, -0.1) is 0 Å². The lowest BCUT2D eigenvalue weighted by Crippen LogP contribution is -2.50. The number of rotatable bonds is 4. The lowest BCUT2D eigenvalue weighted by Gasteiger charge is -2.35. The van der Waals surface area contributed by atoms with Crippen molar-refractivity contribution in [1.82, 2.24) is 15.1 Å². The second-order valence-corrected chi connectivity index (χ2v) is 7.17. The van der Waals surface area contributed by atoms with E-state index in [0.717, 1.165) is 45.3 Å². The van der Waals surface area contributed by atoms with E-state index in [1.54, 1.807) is 4.90 Å². The van der Waals surface area contributed by atoms with Gasteiger partial charge in [0.25, 0.3) is 0 Å². The maximum atomic E-state index is 12.5. The first-order valence-electron chi connectivity index (χ1n) is 9.23. The van der Waals surface area contributed by atoms with Gasteiger partial charge in [0.05, 0.1) is 5.92 Å². The molecule has 1 atom stereocenters. The molecule has 136 valence electrons. The highest BCUT2D eigenvalue weighted by atomic mass is 16.2. The van der Waals surface area contributed by atoms with Crippen LogP contribution in [0.2, 0.25) is 0 Å². The van der Waals surface area contributed by atoms with Crippen molar-refractivity contribution in [2.24, 2.45) is 11.7 Å². The summed E-state index contributed by atoms with van der Waals surface area (Å²) in [6.07, 6.45) is 3.63. The van der Waals surface area contributed by atoms with Crippen LogP contribution >= 0.6 is 0 Å². The van der Waals surface area contributed by atoms with Crippen molar-refractivity contribution >= 4 is 11.9 Å². The summed E-state index contributed by atoms with van der Waals surface area (Å²) in [5.74, 6) is -0.0453. The summed E-state index contributed by atoms with van der Waals surface area (Å²) in [5.41, 5.74) is 6.67. The van der Waals surface area contributed by atoms with E-state index in [2.05, 4.69) is 34.5 Å². The average molecular weight is 344 g/mol. The van der Waals surface area contributed by atoms with Crippen LogP contribution in [-0.4, -0.2) is 54.0 Å². The molecule has 0 bridgehead atoms. The molecule has 1 aromatic carbocycles. The molecule has 2 aliphatic heterocycles. The summed E-state index contributed by atoms with van der Waals surface area (Å²) in [4.78, 5) is 27.8. The zero-order valence-electron chi connectivity index (χ0n) is 14.7. The van der Waals surface area contributed by atoms with Gasteiger partial charge in [-0.2, -0.15) is 0 Å². The number of carbonyl (C=O) groups excluding carboxylic acids is 2. The van der Waals surface area contributed by atoms with Gasteiger partial charge < -0.3 is 16.0 Å². The first kappa shape index (κ1) is 17.7. The number of carbonyl (C=O) groups is 2. The second kappa shape index (κ2) is 8.34. The summed E-state index contributed by atoms with van der Waals surface area (Å²) in [7, 11) is 0. The Balaban J connectivity index is 1.42. The molecule has 0 radical (unpaired) electrons. The third kappa shape index (κ3) is 4.95. The largest absolute Gasteiger partial charge is 0.353 e. The van der Waals surface area contributed by atoms with Crippen LogP contribution in [-0.2, 0) is 11.3 Å². The maximum absolute atomic E-state index is 12.5. The number of piperidine rings is 2. The highest BCUT2D eigenvalue weighted by molar-refractivity contribution is 5.80. The molecular formula is C19H28N4O2. The third-order valence-electron chi connectivity index (χ3n) is 5.29. The molecule has 3 amide bonds. The number of primary amides is 1. The molecule has 2 saturated heterocycles. The van der Waals surface area contributed by atoms with Gasteiger partial charge in [-0.25, -0.2) is 4.79 Å². The Kier molecular flexibility index (Phi) is 5.91. The van der Waals surface area contributed by atoms with Crippen molar-refractivity contribution in [3.63, 3.8) is 0 Å². The van der Waals surface area contributed by atoms with Crippen molar-refractivity contribution in [2.75, 3.05) is 26.2 Å². The molecule has 3 N–H and O–H groups in total. The number of likely N-dealkylation sites (tertiary alicyclic amines) is 2. The average Bonchev–Trinajstić information content (AvgIpc) is 2.64. The standard InChI is InChI=1S/C19H28N4O2/c20-19(25)23-10-4-7-16(14-23)18(24)21-17-8-11-22(12-9-17)13-15-5-2-1-3-6-15/h1-3,5-6,16-17H,4,7-14H2,(H2,20,25)(H,21,24)/t16-/m1/s1. The van der Waals surface area contributed by atoms with Gasteiger partial charge in [-0.3, -0.25) is 9.69 Å². The smallest absolute Gasteiger partial charge is 0.314 e. The molecule has 0 saturated carbocycles. The summed E-state index contributed by atoms with van der Waals surface area (Å²) >= 11 is 0. The van der Waals surface area contributed by atoms with E-state index in [-0.39, 0.29) is 17.9 Å². The maximum Gasteiger partial charge on any atom is 0.314 e. The third-order valence-corrected chi connectivity index (χ3v) is 5.29. The van der Waals surface area contributed by atoms with Crippen LogP contribution in [0.25, 0.3) is 0 Å². The monoisotopic (exact) mass is 344 g/mol. The van der Waals surface area contributed by atoms with Gasteiger partial charge in [0.1, 0.15) is 0 Å². The number of benzene rings is 1. The van der Waals surface area contributed by atoms with Crippen molar-refractivity contribution in [3.8, 4) is 0 Å². The van der Waals surface area contributed by atoms with Crippen LogP contribution in [0.3, 0.4) is 0 Å². The summed E-state index contributed by atoms with van der Waals surface area (Å²) in [6.45, 7) is 4.08. The van der Waals surface area contributed by atoms with E-state index in [4.69, 9.17) is 5.73 Å². The Morgan fingerprint density at radius 1 is 1.08 bits per heavy atom. The zero-order valence-corrected chi connectivity index (χ0v) is 14.7. The topological polar surface area (TPSA) is 78.7 Å². The Hall–Kier alpha value is -2.08. The first-order valence-corrected chi connectivity index (χ1v) is 9.23.